The normalized spacial score (nSPS) is 17.6. The fourth-order valence-corrected chi connectivity index (χ4v) is 3.57. The minimum absolute atomic E-state index is 0.336. The molecular weight excluding hydrogens is 394 g/mol. The third-order valence-corrected chi connectivity index (χ3v) is 5.24. The fourth-order valence-electron chi connectivity index (χ4n) is 2.53. The van der Waals surface area contributed by atoms with Gasteiger partial charge in [-0.15, -0.1) is 0 Å². The number of thiocarbonyl (C=S) groups is 1. The first-order valence-corrected chi connectivity index (χ1v) is 9.89. The van der Waals surface area contributed by atoms with E-state index in [0.29, 0.717) is 26.3 Å². The molecule has 0 saturated heterocycles. The summed E-state index contributed by atoms with van der Waals surface area (Å²) in [5.41, 5.74) is 0.0159. The number of hydrogen-bond acceptors (Lipinski definition) is 6. The lowest BCUT2D eigenvalue weighted by Gasteiger charge is -2.33. The molecule has 1 aliphatic rings. The molecular formula is C18H22ClNO4S2. The Morgan fingerprint density at radius 2 is 2.04 bits per heavy atom. The fraction of sp³-hybridized carbons (Fsp3) is 0.444. The lowest BCUT2D eigenvalue weighted by molar-refractivity contribution is -0.275. The summed E-state index contributed by atoms with van der Waals surface area (Å²) >= 11 is 13.0. The Balaban J connectivity index is 2.55. The molecule has 1 aromatic carbocycles. The van der Waals surface area contributed by atoms with E-state index >= 15 is 0 Å². The van der Waals surface area contributed by atoms with Crippen LogP contribution in [0.25, 0.3) is 5.57 Å². The highest BCUT2D eigenvalue weighted by Gasteiger charge is 2.50. The molecule has 1 amide bonds. The Bertz CT molecular complexity index is 736. The summed E-state index contributed by atoms with van der Waals surface area (Å²) in [5.74, 6) is 0.819. The van der Waals surface area contributed by atoms with E-state index in [0.717, 1.165) is 5.75 Å². The van der Waals surface area contributed by atoms with Gasteiger partial charge in [0.2, 0.25) is 4.38 Å². The van der Waals surface area contributed by atoms with Gasteiger partial charge in [0.25, 0.3) is 5.91 Å². The Morgan fingerprint density at radius 3 is 2.62 bits per heavy atom. The van der Waals surface area contributed by atoms with Crippen LogP contribution in [-0.2, 0) is 19.1 Å². The smallest absolute Gasteiger partial charge is 0.282 e. The standard InChI is InChI=1S/C18H22ClNO4S2/c1-6-26-17(25)23-15-14(12-9-7-8-10-13(12)19)16(21)20(18(15,3)4)24-11(2)22-5/h7-11H,6H2,1-5H3. The van der Waals surface area contributed by atoms with Gasteiger partial charge in [0.1, 0.15) is 11.3 Å². The largest absolute Gasteiger partial charge is 0.441 e. The highest BCUT2D eigenvalue weighted by atomic mass is 35.5. The van der Waals surface area contributed by atoms with Crippen LogP contribution in [0.2, 0.25) is 5.02 Å². The number of carbonyl (C=O) groups excluding carboxylic acids is 1. The maximum absolute atomic E-state index is 13.2. The molecule has 0 aliphatic carbocycles. The van der Waals surface area contributed by atoms with Gasteiger partial charge in [0, 0.05) is 17.7 Å². The number of hydroxylamine groups is 2. The summed E-state index contributed by atoms with van der Waals surface area (Å²) in [7, 11) is 1.51. The molecule has 0 radical (unpaired) electrons. The first-order valence-electron chi connectivity index (χ1n) is 8.12. The predicted octanol–water partition coefficient (Wildman–Crippen LogP) is 4.65. The number of hydrogen-bond donors (Lipinski definition) is 0. The minimum Gasteiger partial charge on any atom is -0.441 e. The molecule has 8 heteroatoms. The van der Waals surface area contributed by atoms with Crippen molar-refractivity contribution < 1.29 is 19.1 Å². The van der Waals surface area contributed by atoms with Crippen molar-refractivity contribution in [3.63, 3.8) is 0 Å². The van der Waals surface area contributed by atoms with E-state index in [-0.39, 0.29) is 5.91 Å². The molecule has 0 spiro atoms. The molecule has 0 fully saturated rings. The van der Waals surface area contributed by atoms with E-state index in [1.54, 1.807) is 25.1 Å². The summed E-state index contributed by atoms with van der Waals surface area (Å²) in [6, 6.07) is 7.11. The summed E-state index contributed by atoms with van der Waals surface area (Å²) in [5, 5.41) is 1.71. The third-order valence-electron chi connectivity index (χ3n) is 3.87. The number of halogens is 1. The van der Waals surface area contributed by atoms with Gasteiger partial charge in [-0.1, -0.05) is 48.5 Å². The summed E-state index contributed by atoms with van der Waals surface area (Å²) in [6.07, 6.45) is -0.609. The highest BCUT2D eigenvalue weighted by molar-refractivity contribution is 8.22. The van der Waals surface area contributed by atoms with Crippen molar-refractivity contribution in [3.8, 4) is 0 Å². The van der Waals surface area contributed by atoms with E-state index in [2.05, 4.69) is 0 Å². The molecule has 1 heterocycles. The number of methoxy groups -OCH3 is 1. The number of ether oxygens (including phenoxy) is 2. The second-order valence-electron chi connectivity index (χ2n) is 6.04. The van der Waals surface area contributed by atoms with E-state index < -0.39 is 11.8 Å². The molecule has 0 bridgehead atoms. The van der Waals surface area contributed by atoms with Crippen molar-refractivity contribution in [1.82, 2.24) is 5.06 Å². The number of thioether (sulfide) groups is 1. The average molecular weight is 416 g/mol. The lowest BCUT2D eigenvalue weighted by atomic mass is 9.99. The Morgan fingerprint density at radius 1 is 1.38 bits per heavy atom. The Labute approximate surface area is 168 Å². The SMILES string of the molecule is CCSC(=S)OC1=C(c2ccccc2Cl)C(=O)N(OC(C)OC)C1(C)C. The lowest BCUT2D eigenvalue weighted by Crippen LogP contribution is -2.46. The van der Waals surface area contributed by atoms with Crippen LogP contribution < -0.4 is 0 Å². The van der Waals surface area contributed by atoms with Gasteiger partial charge < -0.3 is 9.47 Å². The van der Waals surface area contributed by atoms with E-state index in [1.165, 1.54) is 23.9 Å². The molecule has 1 unspecified atom stereocenters. The third kappa shape index (κ3) is 4.23. The van der Waals surface area contributed by atoms with Crippen molar-refractivity contribution in [2.24, 2.45) is 0 Å². The number of amides is 1. The number of carbonyl (C=O) groups is 1. The van der Waals surface area contributed by atoms with E-state index in [9.17, 15) is 4.79 Å². The zero-order chi connectivity index (χ0) is 19.5. The maximum atomic E-state index is 13.2. The molecule has 5 nitrogen and oxygen atoms in total. The average Bonchev–Trinajstić information content (AvgIpc) is 2.76. The van der Waals surface area contributed by atoms with Crippen LogP contribution in [0.15, 0.2) is 30.0 Å². The van der Waals surface area contributed by atoms with Crippen LogP contribution in [0.5, 0.6) is 0 Å². The second kappa shape index (κ2) is 8.71. The van der Waals surface area contributed by atoms with Crippen molar-refractivity contribution in [2.45, 2.75) is 39.5 Å². The van der Waals surface area contributed by atoms with Gasteiger partial charge in [0.05, 0.1) is 5.57 Å². The summed E-state index contributed by atoms with van der Waals surface area (Å²) in [4.78, 5) is 18.9. The number of benzene rings is 1. The van der Waals surface area contributed by atoms with Crippen LogP contribution in [0.1, 0.15) is 33.3 Å². The van der Waals surface area contributed by atoms with E-state index in [4.69, 9.17) is 38.1 Å². The highest BCUT2D eigenvalue weighted by Crippen LogP contribution is 2.43. The van der Waals surface area contributed by atoms with Gasteiger partial charge in [-0.25, -0.2) is 9.90 Å². The summed E-state index contributed by atoms with van der Waals surface area (Å²) in [6.45, 7) is 7.33. The van der Waals surface area contributed by atoms with Gasteiger partial charge in [-0.2, -0.15) is 0 Å². The van der Waals surface area contributed by atoms with Gasteiger partial charge in [0.15, 0.2) is 6.29 Å². The van der Waals surface area contributed by atoms with Crippen molar-refractivity contribution in [2.75, 3.05) is 12.9 Å². The second-order valence-corrected chi connectivity index (χ2v) is 8.31. The zero-order valence-electron chi connectivity index (χ0n) is 15.4. The van der Waals surface area contributed by atoms with Crippen LogP contribution in [0.3, 0.4) is 0 Å². The number of rotatable bonds is 6. The molecule has 26 heavy (non-hydrogen) atoms. The monoisotopic (exact) mass is 415 g/mol. The van der Waals surface area contributed by atoms with Crippen LogP contribution in [-0.4, -0.2) is 40.0 Å². The number of nitrogens with zero attached hydrogens (tertiary/aromatic N) is 1. The Kier molecular flexibility index (Phi) is 7.10. The maximum Gasteiger partial charge on any atom is 0.282 e. The molecule has 0 N–H and O–H groups in total. The zero-order valence-corrected chi connectivity index (χ0v) is 17.8. The van der Waals surface area contributed by atoms with E-state index in [1.807, 2.05) is 26.8 Å². The molecule has 1 atom stereocenters. The van der Waals surface area contributed by atoms with Crippen LogP contribution in [0, 0.1) is 0 Å². The minimum atomic E-state index is -0.892. The quantitative estimate of drug-likeness (QED) is 0.497. The van der Waals surface area contributed by atoms with Crippen molar-refractivity contribution >= 4 is 51.4 Å². The summed E-state index contributed by atoms with van der Waals surface area (Å²) < 4.78 is 11.4. The van der Waals surface area contributed by atoms with Crippen molar-refractivity contribution in [1.29, 1.82) is 0 Å². The van der Waals surface area contributed by atoms with Gasteiger partial charge in [-0.05, 0) is 44.8 Å². The molecule has 1 aromatic rings. The topological polar surface area (TPSA) is 48.0 Å². The van der Waals surface area contributed by atoms with Crippen molar-refractivity contribution in [3.05, 3.63) is 40.6 Å². The molecule has 2 rings (SSSR count). The first-order chi connectivity index (χ1) is 12.2. The van der Waals surface area contributed by atoms with Gasteiger partial charge in [-0.3, -0.25) is 4.79 Å². The molecule has 1 aliphatic heterocycles. The first kappa shape index (κ1) is 21.2. The molecule has 0 aromatic heterocycles. The predicted molar refractivity (Wildman–Crippen MR) is 109 cm³/mol. The Hall–Kier alpha value is -1.12. The molecule has 0 saturated carbocycles. The van der Waals surface area contributed by atoms with Crippen LogP contribution in [0.4, 0.5) is 0 Å². The van der Waals surface area contributed by atoms with Crippen LogP contribution >= 0.6 is 35.6 Å². The van der Waals surface area contributed by atoms with Gasteiger partial charge >= 0.3 is 0 Å². The molecule has 142 valence electrons.